The van der Waals surface area contributed by atoms with Crippen molar-refractivity contribution in [2.75, 3.05) is 6.61 Å². The Balaban J connectivity index is 2.01. The monoisotopic (exact) mass is 311 g/mol. The lowest BCUT2D eigenvalue weighted by molar-refractivity contribution is 0.0921. The van der Waals surface area contributed by atoms with E-state index in [9.17, 15) is 9.18 Å². The number of carbonyl (C=O) groups is 1. The highest BCUT2D eigenvalue weighted by atomic mass is 79.9. The highest BCUT2D eigenvalue weighted by molar-refractivity contribution is 9.10. The molecule has 0 spiro atoms. The van der Waals surface area contributed by atoms with Gasteiger partial charge >= 0.3 is 0 Å². The number of nitrogens with zero attached hydrogens (tertiary/aromatic N) is 1. The molecular weight excluding hydrogens is 301 g/mol. The summed E-state index contributed by atoms with van der Waals surface area (Å²) in [4.78, 5) is 11.8. The molecular formula is C13H11BrFNO2. The van der Waals surface area contributed by atoms with E-state index in [2.05, 4.69) is 15.9 Å². The minimum Gasteiger partial charge on any atom is -0.485 e. The zero-order valence-corrected chi connectivity index (χ0v) is 11.3. The maximum Gasteiger partial charge on any atom is 0.201 e. The van der Waals surface area contributed by atoms with Crippen molar-refractivity contribution in [2.24, 2.45) is 7.05 Å². The van der Waals surface area contributed by atoms with Gasteiger partial charge in [0.2, 0.25) is 5.78 Å². The van der Waals surface area contributed by atoms with Crippen LogP contribution in [0.1, 0.15) is 10.4 Å². The van der Waals surface area contributed by atoms with Gasteiger partial charge in [0.15, 0.2) is 6.61 Å². The maximum absolute atomic E-state index is 13.1. The fourth-order valence-electron chi connectivity index (χ4n) is 1.51. The molecule has 0 N–H and O–H groups in total. The average Bonchev–Trinajstić information content (AvgIpc) is 2.71. The van der Waals surface area contributed by atoms with E-state index in [-0.39, 0.29) is 12.4 Å². The normalized spacial score (nSPS) is 10.4. The Bertz CT molecular complexity index is 560. The smallest absolute Gasteiger partial charge is 0.201 e. The summed E-state index contributed by atoms with van der Waals surface area (Å²) in [5.74, 6) is -0.228. The number of ketones is 1. The number of hydrogen-bond acceptors (Lipinski definition) is 2. The molecule has 0 aliphatic rings. The third kappa shape index (κ3) is 3.20. The number of carbonyl (C=O) groups excluding carboxylic acids is 1. The molecule has 0 atom stereocenters. The molecule has 0 saturated carbocycles. The number of benzene rings is 1. The first-order valence-electron chi connectivity index (χ1n) is 5.28. The third-order valence-electron chi connectivity index (χ3n) is 2.36. The van der Waals surface area contributed by atoms with Crippen LogP contribution in [-0.4, -0.2) is 17.0 Å². The molecule has 1 heterocycles. The molecule has 0 bridgehead atoms. The van der Waals surface area contributed by atoms with Crippen LogP contribution in [0.2, 0.25) is 0 Å². The van der Waals surface area contributed by atoms with Gasteiger partial charge in [-0.1, -0.05) is 15.9 Å². The molecule has 1 aromatic carbocycles. The van der Waals surface area contributed by atoms with E-state index in [1.165, 1.54) is 12.1 Å². The second-order valence-electron chi connectivity index (χ2n) is 3.88. The van der Waals surface area contributed by atoms with Gasteiger partial charge in [-0.05, 0) is 18.2 Å². The Morgan fingerprint density at radius 1 is 1.44 bits per heavy atom. The second-order valence-corrected chi connectivity index (χ2v) is 4.80. The lowest BCUT2D eigenvalue weighted by Gasteiger charge is -2.05. The molecule has 0 aliphatic carbocycles. The minimum atomic E-state index is -0.411. The van der Waals surface area contributed by atoms with Crippen molar-refractivity contribution in [1.29, 1.82) is 0 Å². The lowest BCUT2D eigenvalue weighted by atomic mass is 10.2. The second kappa shape index (κ2) is 5.35. The van der Waals surface area contributed by atoms with Crippen LogP contribution in [0.25, 0.3) is 0 Å². The van der Waals surface area contributed by atoms with E-state index >= 15 is 0 Å². The molecule has 18 heavy (non-hydrogen) atoms. The minimum absolute atomic E-state index is 0.111. The summed E-state index contributed by atoms with van der Waals surface area (Å²) in [6.45, 7) is -0.111. The average molecular weight is 312 g/mol. The van der Waals surface area contributed by atoms with Crippen molar-refractivity contribution in [2.45, 2.75) is 0 Å². The lowest BCUT2D eigenvalue weighted by Crippen LogP contribution is -2.11. The van der Waals surface area contributed by atoms with Crippen LogP contribution in [0.4, 0.5) is 4.39 Å². The number of aryl methyl sites for hydroxylation is 1. The summed E-state index contributed by atoms with van der Waals surface area (Å²) in [5.41, 5.74) is 0.577. The summed E-state index contributed by atoms with van der Waals surface area (Å²) in [6.07, 6.45) is 3.50. The van der Waals surface area contributed by atoms with Gasteiger partial charge in [0, 0.05) is 35.5 Å². The molecule has 0 fully saturated rings. The molecule has 0 unspecified atom stereocenters. The number of Topliss-reactive ketones (excluding diaryl/α,β-unsaturated/α-hetero) is 1. The molecule has 0 amide bonds. The SMILES string of the molecule is Cn1ccc(C(=O)COc2cc(F)cc(Br)c2)c1. The molecule has 0 radical (unpaired) electrons. The van der Waals surface area contributed by atoms with Crippen molar-refractivity contribution in [3.8, 4) is 5.75 Å². The van der Waals surface area contributed by atoms with E-state index in [1.54, 1.807) is 29.1 Å². The van der Waals surface area contributed by atoms with Gasteiger partial charge in [-0.25, -0.2) is 4.39 Å². The number of aromatic nitrogens is 1. The van der Waals surface area contributed by atoms with Crippen LogP contribution >= 0.6 is 15.9 Å². The molecule has 0 aliphatic heterocycles. The Hall–Kier alpha value is -1.62. The topological polar surface area (TPSA) is 31.2 Å². The van der Waals surface area contributed by atoms with Gasteiger partial charge in [0.1, 0.15) is 11.6 Å². The van der Waals surface area contributed by atoms with Crippen LogP contribution in [0.15, 0.2) is 41.1 Å². The van der Waals surface area contributed by atoms with E-state index in [4.69, 9.17) is 4.74 Å². The predicted octanol–water partition coefficient (Wildman–Crippen LogP) is 3.19. The summed E-state index contributed by atoms with van der Waals surface area (Å²) in [6, 6.07) is 5.89. The molecule has 2 aromatic rings. The first kappa shape index (κ1) is 12.8. The first-order chi connectivity index (χ1) is 8.54. The number of rotatable bonds is 4. The molecule has 2 rings (SSSR count). The van der Waals surface area contributed by atoms with E-state index in [0.29, 0.717) is 15.8 Å². The van der Waals surface area contributed by atoms with Crippen LogP contribution in [-0.2, 0) is 7.05 Å². The number of ether oxygens (including phenoxy) is 1. The van der Waals surface area contributed by atoms with Crippen molar-refractivity contribution >= 4 is 21.7 Å². The quantitative estimate of drug-likeness (QED) is 0.812. The summed E-state index contributed by atoms with van der Waals surface area (Å²) in [7, 11) is 1.83. The number of hydrogen-bond donors (Lipinski definition) is 0. The van der Waals surface area contributed by atoms with Gasteiger partial charge in [-0.2, -0.15) is 0 Å². The molecule has 0 saturated heterocycles. The van der Waals surface area contributed by atoms with Crippen molar-refractivity contribution in [3.63, 3.8) is 0 Å². The third-order valence-corrected chi connectivity index (χ3v) is 2.82. The molecule has 94 valence electrons. The predicted molar refractivity (Wildman–Crippen MR) is 69.3 cm³/mol. The van der Waals surface area contributed by atoms with E-state index < -0.39 is 5.82 Å². The zero-order chi connectivity index (χ0) is 13.1. The fourth-order valence-corrected chi connectivity index (χ4v) is 1.96. The largest absolute Gasteiger partial charge is 0.485 e. The van der Waals surface area contributed by atoms with Gasteiger partial charge in [-0.3, -0.25) is 4.79 Å². The van der Waals surface area contributed by atoms with Crippen molar-refractivity contribution < 1.29 is 13.9 Å². The van der Waals surface area contributed by atoms with Crippen LogP contribution in [0.3, 0.4) is 0 Å². The van der Waals surface area contributed by atoms with Crippen molar-refractivity contribution in [3.05, 3.63) is 52.5 Å². The summed E-state index contributed by atoms with van der Waals surface area (Å²) in [5, 5.41) is 0. The molecule has 3 nitrogen and oxygen atoms in total. The van der Waals surface area contributed by atoms with Crippen molar-refractivity contribution in [1.82, 2.24) is 4.57 Å². The molecule has 5 heteroatoms. The van der Waals surface area contributed by atoms with E-state index in [1.807, 2.05) is 7.05 Å². The van der Waals surface area contributed by atoms with Crippen LogP contribution in [0, 0.1) is 5.82 Å². The zero-order valence-electron chi connectivity index (χ0n) is 9.69. The summed E-state index contributed by atoms with van der Waals surface area (Å²) < 4.78 is 20.7. The van der Waals surface area contributed by atoms with Gasteiger partial charge in [0.25, 0.3) is 0 Å². The van der Waals surface area contributed by atoms with Crippen LogP contribution < -0.4 is 4.74 Å². The summed E-state index contributed by atoms with van der Waals surface area (Å²) >= 11 is 3.16. The van der Waals surface area contributed by atoms with Crippen LogP contribution in [0.5, 0.6) is 5.75 Å². The van der Waals surface area contributed by atoms with Gasteiger partial charge in [-0.15, -0.1) is 0 Å². The highest BCUT2D eigenvalue weighted by Gasteiger charge is 2.08. The van der Waals surface area contributed by atoms with E-state index in [0.717, 1.165) is 0 Å². The van der Waals surface area contributed by atoms with Gasteiger partial charge < -0.3 is 9.30 Å². The Labute approximate surface area is 112 Å². The molecule has 1 aromatic heterocycles. The standard InChI is InChI=1S/C13H11BrFNO2/c1-16-3-2-9(7-16)13(17)8-18-12-5-10(14)4-11(15)6-12/h2-7H,8H2,1H3. The number of halogens is 2. The fraction of sp³-hybridized carbons (Fsp3) is 0.154. The first-order valence-corrected chi connectivity index (χ1v) is 6.08. The van der Waals surface area contributed by atoms with Gasteiger partial charge in [0.05, 0.1) is 0 Å². The Morgan fingerprint density at radius 2 is 2.22 bits per heavy atom. The Morgan fingerprint density at radius 3 is 2.83 bits per heavy atom. The Kier molecular flexibility index (Phi) is 3.81. The maximum atomic E-state index is 13.1. The highest BCUT2D eigenvalue weighted by Crippen LogP contribution is 2.20.